The van der Waals surface area contributed by atoms with E-state index in [0.29, 0.717) is 23.1 Å². The lowest BCUT2D eigenvalue weighted by Crippen LogP contribution is -2.44. The number of hydrogen-bond donors (Lipinski definition) is 5. The van der Waals surface area contributed by atoms with Crippen LogP contribution in [0.1, 0.15) is 49.9 Å². The van der Waals surface area contributed by atoms with Gasteiger partial charge >= 0.3 is 0 Å². The molecule has 0 radical (unpaired) electrons. The molecular formula is C38H34Cl2N6O7S3. The van der Waals surface area contributed by atoms with Crippen molar-refractivity contribution in [2.24, 2.45) is 15.3 Å². The molecule has 2 amide bonds. The predicted octanol–water partition coefficient (Wildman–Crippen LogP) is 5.77. The number of nitrogens with two attached hydrogens (primary N) is 2. The van der Waals surface area contributed by atoms with Crippen LogP contribution in [0.3, 0.4) is 0 Å². The molecule has 3 aliphatic rings. The molecule has 3 heterocycles. The van der Waals surface area contributed by atoms with E-state index in [2.05, 4.69) is 15.0 Å². The van der Waals surface area contributed by atoms with E-state index >= 15 is 0 Å². The van der Waals surface area contributed by atoms with Gasteiger partial charge in [-0.25, -0.2) is 32.1 Å². The number of carbonyl (C=O) groups excluding carboxylic acids is 2. The van der Waals surface area contributed by atoms with Crippen LogP contribution in [0.5, 0.6) is 0 Å². The second-order valence-electron chi connectivity index (χ2n) is 12.8. The third-order valence-electron chi connectivity index (χ3n) is 9.05. The Balaban J connectivity index is 0.000000153. The van der Waals surface area contributed by atoms with Gasteiger partial charge in [0.05, 0.1) is 27.0 Å². The number of aliphatic hydroxyl groups is 1. The topological polar surface area (TPSA) is 214 Å². The summed E-state index contributed by atoms with van der Waals surface area (Å²) in [5.41, 5.74) is 2.86. The van der Waals surface area contributed by atoms with Gasteiger partial charge in [0, 0.05) is 34.0 Å². The lowest BCUT2D eigenvalue weighted by Gasteiger charge is -2.35. The molecule has 290 valence electrons. The van der Waals surface area contributed by atoms with E-state index < -0.39 is 31.7 Å². The molecule has 0 bridgehead atoms. The molecule has 5 aromatic rings. The summed E-state index contributed by atoms with van der Waals surface area (Å²) in [7, 11) is -8.06. The number of halogens is 2. The third-order valence-corrected chi connectivity index (χ3v) is 12.6. The average Bonchev–Trinajstić information content (AvgIpc) is 3.42. The lowest BCUT2D eigenvalue weighted by atomic mass is 9.93. The molecule has 56 heavy (non-hydrogen) atoms. The summed E-state index contributed by atoms with van der Waals surface area (Å²) >= 11 is 13.5. The summed E-state index contributed by atoms with van der Waals surface area (Å²) in [6.45, 7) is 3.89. The van der Waals surface area contributed by atoms with Gasteiger partial charge in [-0.15, -0.1) is 0 Å². The van der Waals surface area contributed by atoms with Crippen molar-refractivity contribution in [3.05, 3.63) is 147 Å². The zero-order valence-corrected chi connectivity index (χ0v) is 33.6. The van der Waals surface area contributed by atoms with Gasteiger partial charge in [0.25, 0.3) is 11.8 Å². The molecule has 5 aromatic carbocycles. The van der Waals surface area contributed by atoms with Crippen molar-refractivity contribution in [3.8, 4) is 0 Å². The smallest absolute Gasteiger partial charge is 0.258 e. The van der Waals surface area contributed by atoms with Crippen molar-refractivity contribution in [1.29, 1.82) is 0 Å². The maximum atomic E-state index is 13.0. The highest BCUT2D eigenvalue weighted by molar-refractivity contribution is 7.98. The highest BCUT2D eigenvalue weighted by atomic mass is 35.5. The number of sulfonamides is 2. The Bertz CT molecular complexity index is 2640. The van der Waals surface area contributed by atoms with Gasteiger partial charge in [0.1, 0.15) is 9.79 Å². The molecule has 0 aromatic heterocycles. The fraction of sp³-hybridized carbons (Fsp3) is 0.132. The first-order valence-electron chi connectivity index (χ1n) is 16.7. The minimum Gasteiger partial charge on any atom is -0.363 e. The van der Waals surface area contributed by atoms with Gasteiger partial charge in [0.15, 0.2) is 5.72 Å². The summed E-state index contributed by atoms with van der Waals surface area (Å²) in [6.07, 6.45) is 2.28. The molecule has 0 saturated heterocycles. The number of para-hydroxylation sites is 2. The number of aliphatic imine (C=N–C) groups is 1. The van der Waals surface area contributed by atoms with Crippen LogP contribution in [0.15, 0.2) is 123 Å². The van der Waals surface area contributed by atoms with E-state index in [1.807, 2.05) is 62.4 Å². The number of amides is 2. The predicted molar refractivity (Wildman–Crippen MR) is 217 cm³/mol. The largest absolute Gasteiger partial charge is 0.363 e. The Morgan fingerprint density at radius 1 is 0.839 bits per heavy atom. The van der Waals surface area contributed by atoms with Crippen molar-refractivity contribution in [3.63, 3.8) is 0 Å². The van der Waals surface area contributed by atoms with Crippen molar-refractivity contribution in [2.45, 2.75) is 46.7 Å². The zero-order chi connectivity index (χ0) is 40.6. The van der Waals surface area contributed by atoms with E-state index in [1.54, 1.807) is 47.5 Å². The van der Waals surface area contributed by atoms with Gasteiger partial charge in [-0.1, -0.05) is 77.8 Å². The van der Waals surface area contributed by atoms with Gasteiger partial charge in [-0.3, -0.25) is 9.59 Å². The molecule has 0 saturated carbocycles. The first-order valence-corrected chi connectivity index (χ1v) is 21.3. The normalized spacial score (nSPS) is 18.2. The van der Waals surface area contributed by atoms with E-state index in [1.165, 1.54) is 29.2 Å². The number of hydrogen-bond acceptors (Lipinski definition) is 10. The number of nitrogens with zero attached hydrogens (tertiary/aromatic N) is 2. The van der Waals surface area contributed by atoms with Crippen LogP contribution < -0.4 is 25.2 Å². The van der Waals surface area contributed by atoms with Crippen LogP contribution in [-0.4, -0.2) is 46.1 Å². The van der Waals surface area contributed by atoms with E-state index in [4.69, 9.17) is 33.5 Å². The number of nitrogens with one attached hydrogen (secondary N) is 2. The molecule has 7 N–H and O–H groups in total. The van der Waals surface area contributed by atoms with Crippen LogP contribution in [0.2, 0.25) is 10.0 Å². The van der Waals surface area contributed by atoms with Crippen LogP contribution >= 0.6 is 35.1 Å². The van der Waals surface area contributed by atoms with Gasteiger partial charge in [-0.05, 0) is 91.9 Å². The summed E-state index contributed by atoms with van der Waals surface area (Å²) in [5, 5.41) is 23.6. The Labute approximate surface area is 338 Å². The number of anilines is 1. The fourth-order valence-corrected chi connectivity index (χ4v) is 9.20. The lowest BCUT2D eigenvalue weighted by molar-refractivity contribution is 0.0474. The molecule has 0 aliphatic carbocycles. The Hall–Kier alpha value is -4.78. The summed E-state index contributed by atoms with van der Waals surface area (Å²) in [6, 6.07) is 28.8. The second kappa shape index (κ2) is 16.0. The minimum absolute atomic E-state index is 0.0422. The number of aryl methyl sites for hydroxylation is 1. The summed E-state index contributed by atoms with van der Waals surface area (Å²) in [4.78, 5) is 31.4. The molecule has 2 atom stereocenters. The van der Waals surface area contributed by atoms with Gasteiger partial charge < -0.3 is 20.0 Å². The molecule has 8 rings (SSSR count). The number of rotatable bonds is 4. The van der Waals surface area contributed by atoms with Crippen LogP contribution in [0.4, 0.5) is 11.4 Å². The first-order chi connectivity index (χ1) is 26.4. The number of carbonyl (C=O) groups is 2. The second-order valence-corrected chi connectivity index (χ2v) is 17.6. The van der Waals surface area contributed by atoms with Gasteiger partial charge in [-0.2, -0.15) is 0 Å². The minimum atomic E-state index is -4.06. The number of benzene rings is 5. The molecule has 18 heteroatoms. The SMILES string of the molecule is C1=Nc2ccccc2SN1.Cc1ccccc1N1C(=O)c2cc(S(N)(=O)=O)c(Cl)cc2CC1C.NS(=O)(=O)c1cc(C2(O)NC(=O)c3ccccc32)ccc1Cl. The van der Waals surface area contributed by atoms with E-state index in [9.17, 15) is 31.5 Å². The van der Waals surface area contributed by atoms with E-state index in [0.717, 1.165) is 28.6 Å². The maximum absolute atomic E-state index is 13.0. The summed E-state index contributed by atoms with van der Waals surface area (Å²) < 4.78 is 49.5. The standard InChI is InChI=1S/C17H17ClN2O3S.C14H11ClN2O4S.C7H6N2S/c1-10-5-3-4-6-15(10)20-11(2)7-12-8-14(18)16(24(19,22)23)9-13(12)17(20)21;15-11-6-5-8(7-12(11)22(16,20)21)14(19)10-4-2-1-3-9(10)13(18)17-14;1-2-4-7-6(3-1)8-5-9-10-7/h3-6,8-9,11H,7H2,1-2H3,(H2,19,22,23);1-7,19H,(H,17,18)(H2,16,20,21);1-5H,(H,8,9). The fourth-order valence-electron chi connectivity index (χ4n) is 6.41. The zero-order valence-electron chi connectivity index (χ0n) is 29.6. The number of fused-ring (bicyclic) bond motifs is 3. The number of primary sulfonamides is 2. The van der Waals surface area contributed by atoms with Gasteiger partial charge in [0.2, 0.25) is 20.0 Å². The average molecular weight is 854 g/mol. The van der Waals surface area contributed by atoms with Crippen LogP contribution in [-0.2, 0) is 32.2 Å². The molecule has 13 nitrogen and oxygen atoms in total. The quantitative estimate of drug-likeness (QED) is 0.139. The maximum Gasteiger partial charge on any atom is 0.258 e. The Morgan fingerprint density at radius 3 is 2.18 bits per heavy atom. The highest BCUT2D eigenvalue weighted by Gasteiger charge is 2.43. The van der Waals surface area contributed by atoms with E-state index in [-0.39, 0.29) is 37.3 Å². The third kappa shape index (κ3) is 8.33. The first kappa shape index (κ1) is 40.9. The molecule has 0 spiro atoms. The molecule has 2 unspecified atom stereocenters. The Morgan fingerprint density at radius 2 is 1.48 bits per heavy atom. The molecular weight excluding hydrogens is 820 g/mol. The highest BCUT2D eigenvalue weighted by Crippen LogP contribution is 2.37. The molecule has 0 fully saturated rings. The summed E-state index contributed by atoms with van der Waals surface area (Å²) in [5.74, 6) is -0.704. The van der Waals surface area contributed by atoms with Crippen molar-refractivity contribution in [2.75, 3.05) is 4.90 Å². The Kier molecular flexibility index (Phi) is 11.7. The van der Waals surface area contributed by atoms with Crippen LogP contribution in [0, 0.1) is 6.92 Å². The van der Waals surface area contributed by atoms with Crippen LogP contribution in [0.25, 0.3) is 0 Å². The van der Waals surface area contributed by atoms with Crippen molar-refractivity contribution in [1.82, 2.24) is 10.0 Å². The monoisotopic (exact) mass is 852 g/mol. The van der Waals surface area contributed by atoms with Crippen molar-refractivity contribution < 1.29 is 31.5 Å². The molecule has 3 aliphatic heterocycles. The van der Waals surface area contributed by atoms with Crippen molar-refractivity contribution >= 4 is 84.7 Å².